The lowest BCUT2D eigenvalue weighted by atomic mass is 10.1. The number of aliphatic hydroxyl groups excluding tert-OH is 1. The van der Waals surface area contributed by atoms with Crippen molar-refractivity contribution in [2.24, 2.45) is 0 Å². The van der Waals surface area contributed by atoms with Gasteiger partial charge in [0.05, 0.1) is 17.8 Å². The maximum atomic E-state index is 14.9. The van der Waals surface area contributed by atoms with E-state index in [0.717, 1.165) is 0 Å². The second kappa shape index (κ2) is 8.60. The summed E-state index contributed by atoms with van der Waals surface area (Å²) in [6.45, 7) is 5.68. The van der Waals surface area contributed by atoms with Crippen molar-refractivity contribution in [3.63, 3.8) is 0 Å². The zero-order chi connectivity index (χ0) is 21.1. The van der Waals surface area contributed by atoms with Crippen molar-refractivity contribution in [1.82, 2.24) is 14.8 Å². The minimum atomic E-state index is -0.599. The van der Waals surface area contributed by atoms with E-state index >= 15 is 0 Å². The summed E-state index contributed by atoms with van der Waals surface area (Å²) < 4.78 is 16.6. The number of pyridine rings is 1. The Labute approximate surface area is 167 Å². The van der Waals surface area contributed by atoms with Gasteiger partial charge in [-0.3, -0.25) is 14.4 Å². The Hall–Kier alpha value is -2.94. The van der Waals surface area contributed by atoms with E-state index in [2.05, 4.69) is 5.32 Å². The highest BCUT2D eigenvalue weighted by atomic mass is 19.1. The number of amides is 2. The number of aromatic nitrogens is 1. The Balaban J connectivity index is 2.02. The monoisotopic (exact) mass is 404 g/mol. The molecule has 1 aliphatic heterocycles. The predicted octanol–water partition coefficient (Wildman–Crippen LogP) is 0.551. The van der Waals surface area contributed by atoms with Crippen molar-refractivity contribution < 1.29 is 19.1 Å². The van der Waals surface area contributed by atoms with Crippen molar-refractivity contribution in [2.75, 3.05) is 44.2 Å². The molecule has 2 heterocycles. The van der Waals surface area contributed by atoms with Crippen LogP contribution in [0.4, 0.5) is 10.1 Å². The first-order valence-corrected chi connectivity index (χ1v) is 9.63. The number of aliphatic hydroxyl groups is 1. The average molecular weight is 404 g/mol. The first-order valence-electron chi connectivity index (χ1n) is 9.63. The smallest absolute Gasteiger partial charge is 0.256 e. The standard InChI is InChI=1S/C20H25FN4O4/c1-3-23-12-15(20(29)22-4-9-26)19(28)14-10-16(21)18(11-17(14)23)25-7-5-24(6-8-25)13(2)27/h10-12,26H,3-9H2,1-2H3,(H,22,29). The molecule has 2 amide bonds. The summed E-state index contributed by atoms with van der Waals surface area (Å²) >= 11 is 0. The quantitative estimate of drug-likeness (QED) is 0.759. The molecular weight excluding hydrogens is 379 g/mol. The molecule has 0 radical (unpaired) electrons. The molecule has 9 heteroatoms. The van der Waals surface area contributed by atoms with E-state index < -0.39 is 17.2 Å². The van der Waals surface area contributed by atoms with Crippen LogP contribution in [0.15, 0.2) is 23.1 Å². The van der Waals surface area contributed by atoms with Gasteiger partial charge < -0.3 is 24.8 Å². The number of carbonyl (C=O) groups excluding carboxylic acids is 2. The van der Waals surface area contributed by atoms with E-state index in [1.54, 1.807) is 15.5 Å². The highest BCUT2D eigenvalue weighted by molar-refractivity contribution is 5.97. The summed E-state index contributed by atoms with van der Waals surface area (Å²) in [4.78, 5) is 40.1. The number of rotatable bonds is 5. The maximum absolute atomic E-state index is 14.9. The largest absolute Gasteiger partial charge is 0.395 e. The Kier molecular flexibility index (Phi) is 6.17. The summed E-state index contributed by atoms with van der Waals surface area (Å²) in [7, 11) is 0. The van der Waals surface area contributed by atoms with Crippen LogP contribution < -0.4 is 15.6 Å². The van der Waals surface area contributed by atoms with Crippen LogP contribution in [0.5, 0.6) is 0 Å². The molecule has 2 N–H and O–H groups in total. The highest BCUT2D eigenvalue weighted by Crippen LogP contribution is 2.26. The fourth-order valence-corrected chi connectivity index (χ4v) is 3.59. The lowest BCUT2D eigenvalue weighted by Crippen LogP contribution is -2.48. The molecule has 29 heavy (non-hydrogen) atoms. The summed E-state index contributed by atoms with van der Waals surface area (Å²) in [6.07, 6.45) is 1.47. The lowest BCUT2D eigenvalue weighted by molar-refractivity contribution is -0.129. The molecule has 1 aromatic heterocycles. The number of benzene rings is 1. The van der Waals surface area contributed by atoms with Gasteiger partial charge in [-0.25, -0.2) is 4.39 Å². The second-order valence-electron chi connectivity index (χ2n) is 6.95. The lowest BCUT2D eigenvalue weighted by Gasteiger charge is -2.36. The number of hydrogen-bond acceptors (Lipinski definition) is 5. The van der Waals surface area contributed by atoms with Crippen LogP contribution in [0.1, 0.15) is 24.2 Å². The molecule has 1 fully saturated rings. The minimum Gasteiger partial charge on any atom is -0.395 e. The highest BCUT2D eigenvalue weighted by Gasteiger charge is 2.23. The topological polar surface area (TPSA) is 94.9 Å². The van der Waals surface area contributed by atoms with Crippen LogP contribution in [-0.2, 0) is 11.3 Å². The number of aryl methyl sites for hydroxylation is 1. The van der Waals surface area contributed by atoms with Gasteiger partial charge in [0.1, 0.15) is 11.4 Å². The third kappa shape index (κ3) is 4.09. The Morgan fingerprint density at radius 2 is 1.90 bits per heavy atom. The van der Waals surface area contributed by atoms with Gasteiger partial charge in [0.25, 0.3) is 5.91 Å². The Morgan fingerprint density at radius 3 is 2.48 bits per heavy atom. The van der Waals surface area contributed by atoms with E-state index in [1.807, 2.05) is 11.8 Å². The van der Waals surface area contributed by atoms with Gasteiger partial charge in [0, 0.05) is 57.8 Å². The van der Waals surface area contributed by atoms with Gasteiger partial charge >= 0.3 is 0 Å². The average Bonchev–Trinajstić information content (AvgIpc) is 2.72. The Bertz CT molecular complexity index is 996. The molecule has 3 rings (SSSR count). The van der Waals surface area contributed by atoms with Crippen molar-refractivity contribution in [1.29, 1.82) is 0 Å². The molecule has 0 unspecified atom stereocenters. The van der Waals surface area contributed by atoms with Crippen molar-refractivity contribution >= 4 is 28.4 Å². The second-order valence-corrected chi connectivity index (χ2v) is 6.95. The molecule has 0 bridgehead atoms. The molecule has 8 nitrogen and oxygen atoms in total. The van der Waals surface area contributed by atoms with Gasteiger partial charge in [-0.15, -0.1) is 0 Å². The number of carbonyl (C=O) groups is 2. The third-order valence-corrected chi connectivity index (χ3v) is 5.20. The minimum absolute atomic E-state index is 0.00420. The first-order chi connectivity index (χ1) is 13.9. The predicted molar refractivity (Wildman–Crippen MR) is 108 cm³/mol. The fraction of sp³-hybridized carbons (Fsp3) is 0.450. The zero-order valence-corrected chi connectivity index (χ0v) is 16.6. The van der Waals surface area contributed by atoms with Gasteiger partial charge in [-0.2, -0.15) is 0 Å². The summed E-state index contributed by atoms with van der Waals surface area (Å²) in [5, 5.41) is 11.5. The van der Waals surface area contributed by atoms with Crippen LogP contribution in [0.3, 0.4) is 0 Å². The van der Waals surface area contributed by atoms with Crippen molar-refractivity contribution in [3.05, 3.63) is 39.9 Å². The number of halogens is 1. The van der Waals surface area contributed by atoms with Gasteiger partial charge in [-0.05, 0) is 19.1 Å². The van der Waals surface area contributed by atoms with Crippen LogP contribution in [0, 0.1) is 5.82 Å². The van der Waals surface area contributed by atoms with Crippen LogP contribution in [-0.4, -0.2) is 65.7 Å². The number of hydrogen-bond donors (Lipinski definition) is 2. The molecule has 0 saturated carbocycles. The zero-order valence-electron chi connectivity index (χ0n) is 16.6. The van der Waals surface area contributed by atoms with Crippen LogP contribution >= 0.6 is 0 Å². The molecule has 1 aromatic carbocycles. The number of nitrogens with zero attached hydrogens (tertiary/aromatic N) is 3. The van der Waals surface area contributed by atoms with Gasteiger partial charge in [0.2, 0.25) is 11.3 Å². The normalized spacial score (nSPS) is 14.3. The van der Waals surface area contributed by atoms with Crippen LogP contribution in [0.25, 0.3) is 10.9 Å². The SMILES string of the molecule is CCn1cc(C(=O)NCCO)c(=O)c2cc(F)c(N3CCN(C(C)=O)CC3)cc21. The van der Waals surface area contributed by atoms with E-state index in [1.165, 1.54) is 19.2 Å². The Morgan fingerprint density at radius 1 is 1.21 bits per heavy atom. The molecule has 1 saturated heterocycles. The summed E-state index contributed by atoms with van der Waals surface area (Å²) in [5.41, 5.74) is 0.281. The molecule has 0 spiro atoms. The van der Waals surface area contributed by atoms with Crippen molar-refractivity contribution in [2.45, 2.75) is 20.4 Å². The molecule has 156 valence electrons. The van der Waals surface area contributed by atoms with E-state index in [-0.39, 0.29) is 30.0 Å². The first kappa shape index (κ1) is 20.8. The summed E-state index contributed by atoms with van der Waals surface area (Å²) in [5.74, 6) is -1.14. The van der Waals surface area contributed by atoms with Gasteiger partial charge in [-0.1, -0.05) is 0 Å². The van der Waals surface area contributed by atoms with E-state index in [0.29, 0.717) is 43.9 Å². The van der Waals surface area contributed by atoms with Gasteiger partial charge in [0.15, 0.2) is 0 Å². The maximum Gasteiger partial charge on any atom is 0.256 e. The molecule has 0 aliphatic carbocycles. The number of fused-ring (bicyclic) bond motifs is 1. The van der Waals surface area contributed by atoms with Crippen LogP contribution in [0.2, 0.25) is 0 Å². The fourth-order valence-electron chi connectivity index (χ4n) is 3.59. The number of piperazine rings is 1. The molecule has 0 atom stereocenters. The third-order valence-electron chi connectivity index (χ3n) is 5.20. The molecule has 2 aromatic rings. The molecular formula is C20H25FN4O4. The number of nitrogens with one attached hydrogen (secondary N) is 1. The number of anilines is 1. The molecule has 1 aliphatic rings. The van der Waals surface area contributed by atoms with E-state index in [4.69, 9.17) is 5.11 Å². The van der Waals surface area contributed by atoms with E-state index in [9.17, 15) is 18.8 Å². The van der Waals surface area contributed by atoms with Crippen molar-refractivity contribution in [3.8, 4) is 0 Å². The summed E-state index contributed by atoms with van der Waals surface area (Å²) in [6, 6.07) is 2.81.